The predicted molar refractivity (Wildman–Crippen MR) is 184 cm³/mol. The Bertz CT molecular complexity index is 1340. The minimum Gasteiger partial charge on any atom is -0.398 e. The van der Waals surface area contributed by atoms with Crippen LogP contribution < -0.4 is 5.73 Å². The van der Waals surface area contributed by atoms with Gasteiger partial charge in [-0.1, -0.05) is 92.0 Å². The molecule has 0 heterocycles. The summed E-state index contributed by atoms with van der Waals surface area (Å²) in [5, 5.41) is 0. The zero-order chi connectivity index (χ0) is 29.9. The lowest BCUT2D eigenvalue weighted by Gasteiger charge is -2.64. The Morgan fingerprint density at radius 1 is 0.767 bits per heavy atom. The number of nitrogen functional groups attached to an aromatic ring is 1. The highest BCUT2D eigenvalue weighted by Crippen LogP contribution is 2.70. The molecule has 2 N–H and O–H groups in total. The Morgan fingerprint density at radius 3 is 1.70 bits per heavy atom. The second-order valence-electron chi connectivity index (χ2n) is 15.7. The van der Waals surface area contributed by atoms with Gasteiger partial charge in [-0.15, -0.1) is 0 Å². The third-order valence-corrected chi connectivity index (χ3v) is 13.7. The average Bonchev–Trinajstić information content (AvgIpc) is 2.97. The Hall–Kier alpha value is -2.54. The molecule has 8 aliphatic carbocycles. The van der Waals surface area contributed by atoms with E-state index in [0.29, 0.717) is 23.7 Å². The van der Waals surface area contributed by atoms with E-state index in [4.69, 9.17) is 5.73 Å². The highest BCUT2D eigenvalue weighted by molar-refractivity contribution is 5.67. The van der Waals surface area contributed by atoms with Crippen LogP contribution in [0.25, 0.3) is 0 Å². The van der Waals surface area contributed by atoms with Crippen molar-refractivity contribution in [3.05, 3.63) is 102 Å². The van der Waals surface area contributed by atoms with Crippen LogP contribution in [-0.2, 0) is 10.8 Å². The Kier molecular flexibility index (Phi) is 7.55. The van der Waals surface area contributed by atoms with Crippen LogP contribution in [0.15, 0.2) is 90.6 Å². The van der Waals surface area contributed by atoms with Crippen molar-refractivity contribution in [3.8, 4) is 0 Å². The second-order valence-corrected chi connectivity index (χ2v) is 15.7. The summed E-state index contributed by atoms with van der Waals surface area (Å²) in [7, 11) is 0. The molecule has 0 amide bonds. The molecule has 0 saturated heterocycles. The fourth-order valence-corrected chi connectivity index (χ4v) is 12.9. The molecule has 8 fully saturated rings. The normalized spacial score (nSPS) is 41.6. The fraction of sp³-hybridized carbons (Fsp3) is 0.571. The second kappa shape index (κ2) is 11.1. The van der Waals surface area contributed by atoms with Gasteiger partial charge in [0, 0.05) is 16.5 Å². The van der Waals surface area contributed by atoms with Crippen LogP contribution in [0, 0.1) is 47.3 Å². The summed E-state index contributed by atoms with van der Waals surface area (Å²) in [6.45, 7) is 15.4. The van der Waals surface area contributed by atoms with Gasteiger partial charge in [-0.05, 0) is 149 Å². The number of allylic oxidation sites excluding steroid dienone is 10. The van der Waals surface area contributed by atoms with Gasteiger partial charge < -0.3 is 5.73 Å². The molecule has 8 bridgehead atoms. The van der Waals surface area contributed by atoms with E-state index in [-0.39, 0.29) is 10.8 Å². The first kappa shape index (κ1) is 29.2. The third kappa shape index (κ3) is 4.23. The molecule has 8 saturated carbocycles. The highest BCUT2D eigenvalue weighted by Gasteiger charge is 2.62. The van der Waals surface area contributed by atoms with Crippen LogP contribution in [0.3, 0.4) is 0 Å². The molecule has 1 heteroatoms. The van der Waals surface area contributed by atoms with Gasteiger partial charge in [-0.2, -0.15) is 0 Å². The predicted octanol–water partition coefficient (Wildman–Crippen LogP) is 10.8. The number of rotatable bonds is 9. The molecule has 9 rings (SSSR count). The number of hydrogen-bond acceptors (Lipinski definition) is 1. The zero-order valence-electron chi connectivity index (χ0n) is 27.2. The molecule has 43 heavy (non-hydrogen) atoms. The van der Waals surface area contributed by atoms with Crippen molar-refractivity contribution in [3.63, 3.8) is 0 Å². The summed E-state index contributed by atoms with van der Waals surface area (Å²) in [6, 6.07) is 7.35. The molecule has 0 unspecified atom stereocenters. The van der Waals surface area contributed by atoms with Crippen molar-refractivity contribution in [2.45, 2.75) is 102 Å². The van der Waals surface area contributed by atoms with Gasteiger partial charge in [0.25, 0.3) is 0 Å². The molecule has 0 spiro atoms. The molecule has 0 aromatic heterocycles. The third-order valence-electron chi connectivity index (χ3n) is 13.7. The van der Waals surface area contributed by atoms with Crippen molar-refractivity contribution in [2.24, 2.45) is 47.3 Å². The summed E-state index contributed by atoms with van der Waals surface area (Å²) < 4.78 is 0. The summed E-state index contributed by atoms with van der Waals surface area (Å²) >= 11 is 0. The maximum absolute atomic E-state index is 7.79. The van der Waals surface area contributed by atoms with Crippen molar-refractivity contribution in [1.82, 2.24) is 0 Å². The molecule has 1 aromatic carbocycles. The van der Waals surface area contributed by atoms with E-state index in [1.807, 2.05) is 6.08 Å². The van der Waals surface area contributed by atoms with E-state index in [2.05, 4.69) is 88.6 Å². The van der Waals surface area contributed by atoms with Gasteiger partial charge >= 0.3 is 0 Å². The van der Waals surface area contributed by atoms with Gasteiger partial charge in [-0.25, -0.2) is 0 Å². The monoisotopic (exact) mass is 573 g/mol. The standard InChI is InChI=1S/C42H55N/c1-6-9-11-13-32(8-3)41(33-19-28-17-29(21-33)22-34(41)20-28)38-15-12-16-39(40(38)43)42(37(27(4)5)14-10-7-2)35-23-30-18-31(25-35)26-36(42)24-30/h6-7,9-16,28-31,33-36H,1,4,8,17-26,43H2,2-3,5H3/b10-7-,11-9-,32-13+,37-14+. The summed E-state index contributed by atoms with van der Waals surface area (Å²) in [5.41, 5.74) is 16.1. The minimum atomic E-state index is -0.0369. The van der Waals surface area contributed by atoms with Gasteiger partial charge in [0.1, 0.15) is 0 Å². The van der Waals surface area contributed by atoms with Crippen molar-refractivity contribution in [2.75, 3.05) is 5.73 Å². The smallest absolute Gasteiger partial charge is 0.0397 e. The summed E-state index contributed by atoms with van der Waals surface area (Å²) in [6.07, 6.45) is 30.5. The van der Waals surface area contributed by atoms with Crippen LogP contribution in [0.4, 0.5) is 5.69 Å². The highest BCUT2D eigenvalue weighted by atomic mass is 14.7. The van der Waals surface area contributed by atoms with Crippen molar-refractivity contribution in [1.29, 1.82) is 0 Å². The maximum atomic E-state index is 7.79. The molecule has 0 radical (unpaired) electrons. The Labute approximate surface area is 262 Å². The minimum absolute atomic E-state index is 0.0369. The van der Waals surface area contributed by atoms with Gasteiger partial charge in [0.2, 0.25) is 0 Å². The van der Waals surface area contributed by atoms with Crippen LogP contribution in [0.2, 0.25) is 0 Å². The van der Waals surface area contributed by atoms with E-state index in [9.17, 15) is 0 Å². The molecular weight excluding hydrogens is 518 g/mol. The van der Waals surface area contributed by atoms with Crippen LogP contribution >= 0.6 is 0 Å². The SMILES string of the molecule is C=C/C=C\C=C(/CC)C1(c2cccc(C3(/C(=C/C=C\C)C(=C)C)C4CC5CC(C4)CC3C5)c2N)C2CC3CC(C2)CC1C3. The zero-order valence-corrected chi connectivity index (χ0v) is 27.2. The van der Waals surface area contributed by atoms with Crippen molar-refractivity contribution >= 4 is 5.69 Å². The van der Waals surface area contributed by atoms with E-state index in [0.717, 1.165) is 35.8 Å². The lowest BCUT2D eigenvalue weighted by molar-refractivity contribution is -0.0462. The topological polar surface area (TPSA) is 26.0 Å². The van der Waals surface area contributed by atoms with Gasteiger partial charge in [0.05, 0.1) is 0 Å². The number of nitrogens with two attached hydrogens (primary N) is 1. The van der Waals surface area contributed by atoms with Crippen LogP contribution in [0.1, 0.15) is 103 Å². The molecule has 8 aliphatic rings. The van der Waals surface area contributed by atoms with Gasteiger partial charge in [-0.3, -0.25) is 0 Å². The lowest BCUT2D eigenvalue weighted by atomic mass is 9.40. The molecular formula is C42H55N. The first-order valence-electron chi connectivity index (χ1n) is 17.7. The Morgan fingerprint density at radius 2 is 1.26 bits per heavy atom. The quantitative estimate of drug-likeness (QED) is 0.231. The largest absolute Gasteiger partial charge is 0.398 e. The first-order chi connectivity index (χ1) is 20.9. The molecule has 0 atom stereocenters. The summed E-state index contributed by atoms with van der Waals surface area (Å²) in [5.74, 6) is 6.32. The Balaban J connectivity index is 1.48. The summed E-state index contributed by atoms with van der Waals surface area (Å²) in [4.78, 5) is 0. The van der Waals surface area contributed by atoms with E-state index >= 15 is 0 Å². The fourth-order valence-electron chi connectivity index (χ4n) is 12.9. The van der Waals surface area contributed by atoms with Crippen LogP contribution in [0.5, 0.6) is 0 Å². The van der Waals surface area contributed by atoms with E-state index in [1.54, 1.807) is 5.57 Å². The van der Waals surface area contributed by atoms with Gasteiger partial charge in [0.15, 0.2) is 0 Å². The first-order valence-corrected chi connectivity index (χ1v) is 17.7. The van der Waals surface area contributed by atoms with Crippen LogP contribution in [-0.4, -0.2) is 0 Å². The number of benzene rings is 1. The van der Waals surface area contributed by atoms with Crippen molar-refractivity contribution < 1.29 is 0 Å². The molecule has 228 valence electrons. The number of hydrogen-bond donors (Lipinski definition) is 1. The van der Waals surface area contributed by atoms with E-state index < -0.39 is 0 Å². The average molecular weight is 574 g/mol. The maximum Gasteiger partial charge on any atom is 0.0397 e. The number of anilines is 1. The molecule has 1 nitrogen and oxygen atoms in total. The lowest BCUT2D eigenvalue weighted by Crippen LogP contribution is -2.58. The number of para-hydroxylation sites is 1. The van der Waals surface area contributed by atoms with E-state index in [1.165, 1.54) is 86.5 Å². The molecule has 1 aromatic rings. The molecule has 0 aliphatic heterocycles.